The summed E-state index contributed by atoms with van der Waals surface area (Å²) in [5.74, 6) is 0.451. The van der Waals surface area contributed by atoms with Gasteiger partial charge in [-0.2, -0.15) is 0 Å². The summed E-state index contributed by atoms with van der Waals surface area (Å²) >= 11 is 0. The molecule has 2 amide bonds. The van der Waals surface area contributed by atoms with Crippen molar-refractivity contribution in [1.29, 1.82) is 0 Å². The predicted molar refractivity (Wildman–Crippen MR) is 115 cm³/mol. The maximum atomic E-state index is 12.3. The van der Waals surface area contributed by atoms with Crippen molar-refractivity contribution in [3.63, 3.8) is 0 Å². The molecule has 1 unspecified atom stereocenters. The van der Waals surface area contributed by atoms with Gasteiger partial charge in [-0.05, 0) is 31.5 Å². The molecular formula is C20H31N5O4S. The van der Waals surface area contributed by atoms with E-state index in [1.807, 2.05) is 25.5 Å². The molecule has 2 N–H and O–H groups in total. The zero-order valence-electron chi connectivity index (χ0n) is 18.2. The van der Waals surface area contributed by atoms with E-state index in [9.17, 15) is 18.0 Å². The standard InChI is InChI=1S/C20H31N5O4S/c1-6-14(2)22-20(27)11-12-21-19(26)10-9-18-23-16-13-15(30(28,29)24(3)4)7-8-17(16)25(18)5/h7-8,13-14H,6,9-12H2,1-5H3,(H,21,26)(H,22,27). The molecule has 0 saturated carbocycles. The lowest BCUT2D eigenvalue weighted by molar-refractivity contribution is -0.122. The van der Waals surface area contributed by atoms with Crippen LogP contribution in [0.4, 0.5) is 0 Å². The van der Waals surface area contributed by atoms with Gasteiger partial charge in [-0.1, -0.05) is 6.92 Å². The summed E-state index contributed by atoms with van der Waals surface area (Å²) < 4.78 is 27.6. The van der Waals surface area contributed by atoms with Crippen molar-refractivity contribution in [2.24, 2.45) is 7.05 Å². The van der Waals surface area contributed by atoms with Gasteiger partial charge in [0.05, 0.1) is 15.9 Å². The highest BCUT2D eigenvalue weighted by atomic mass is 32.2. The fourth-order valence-electron chi connectivity index (χ4n) is 2.90. The van der Waals surface area contributed by atoms with Crippen LogP contribution in [0.5, 0.6) is 0 Å². The van der Waals surface area contributed by atoms with Crippen molar-refractivity contribution in [2.75, 3.05) is 20.6 Å². The number of benzene rings is 1. The molecule has 0 spiro atoms. The zero-order chi connectivity index (χ0) is 22.5. The molecule has 1 aromatic carbocycles. The van der Waals surface area contributed by atoms with Crippen molar-refractivity contribution in [3.8, 4) is 0 Å². The summed E-state index contributed by atoms with van der Waals surface area (Å²) in [6, 6.07) is 4.95. The molecular weight excluding hydrogens is 406 g/mol. The van der Waals surface area contributed by atoms with Crippen molar-refractivity contribution in [3.05, 3.63) is 24.0 Å². The third kappa shape index (κ3) is 5.79. The summed E-state index contributed by atoms with van der Waals surface area (Å²) in [5.41, 5.74) is 1.36. The minimum atomic E-state index is -3.54. The summed E-state index contributed by atoms with van der Waals surface area (Å²) in [6.45, 7) is 4.22. The van der Waals surface area contributed by atoms with Gasteiger partial charge in [0.15, 0.2) is 0 Å². The van der Waals surface area contributed by atoms with Crippen LogP contribution in [0.2, 0.25) is 0 Å². The van der Waals surface area contributed by atoms with Gasteiger partial charge in [0.1, 0.15) is 5.82 Å². The van der Waals surface area contributed by atoms with Gasteiger partial charge in [0.25, 0.3) is 0 Å². The van der Waals surface area contributed by atoms with Gasteiger partial charge >= 0.3 is 0 Å². The second-order valence-electron chi connectivity index (χ2n) is 7.50. The van der Waals surface area contributed by atoms with Crippen LogP contribution in [-0.2, 0) is 33.1 Å². The van der Waals surface area contributed by atoms with Crippen LogP contribution in [-0.4, -0.2) is 60.8 Å². The van der Waals surface area contributed by atoms with Crippen LogP contribution in [0, 0.1) is 0 Å². The van der Waals surface area contributed by atoms with Gasteiger partial charge in [-0.3, -0.25) is 9.59 Å². The molecule has 2 aromatic rings. The van der Waals surface area contributed by atoms with E-state index in [0.29, 0.717) is 17.8 Å². The number of imidazole rings is 1. The molecule has 0 aliphatic carbocycles. The molecule has 0 bridgehead atoms. The lowest BCUT2D eigenvalue weighted by Gasteiger charge is -2.11. The number of amides is 2. The second kappa shape index (κ2) is 10.0. The minimum absolute atomic E-state index is 0.0801. The van der Waals surface area contributed by atoms with E-state index in [-0.39, 0.29) is 42.1 Å². The highest BCUT2D eigenvalue weighted by Gasteiger charge is 2.19. The summed E-state index contributed by atoms with van der Waals surface area (Å²) in [5, 5.41) is 5.60. The Hall–Kier alpha value is -2.46. The smallest absolute Gasteiger partial charge is 0.242 e. The number of rotatable bonds is 10. The number of hydrogen-bond donors (Lipinski definition) is 2. The number of aromatic nitrogens is 2. The molecule has 0 fully saturated rings. The normalized spacial score (nSPS) is 12.9. The maximum Gasteiger partial charge on any atom is 0.242 e. The number of fused-ring (bicyclic) bond motifs is 1. The number of nitrogens with one attached hydrogen (secondary N) is 2. The minimum Gasteiger partial charge on any atom is -0.356 e. The molecule has 9 nitrogen and oxygen atoms in total. The van der Waals surface area contributed by atoms with Gasteiger partial charge in [0.2, 0.25) is 21.8 Å². The number of nitrogens with zero attached hydrogens (tertiary/aromatic N) is 3. The van der Waals surface area contributed by atoms with Crippen LogP contribution in [0.3, 0.4) is 0 Å². The lowest BCUT2D eigenvalue weighted by atomic mass is 10.2. The number of sulfonamides is 1. The van der Waals surface area contributed by atoms with Gasteiger partial charge < -0.3 is 15.2 Å². The Kier molecular flexibility index (Phi) is 7.96. The summed E-state index contributed by atoms with van der Waals surface area (Å²) in [4.78, 5) is 28.5. The van der Waals surface area contributed by atoms with E-state index in [2.05, 4.69) is 15.6 Å². The molecule has 2 rings (SSSR count). The number of carbonyl (C=O) groups is 2. The van der Waals surface area contributed by atoms with E-state index in [1.54, 1.807) is 18.2 Å². The maximum absolute atomic E-state index is 12.3. The van der Waals surface area contributed by atoms with Crippen LogP contribution >= 0.6 is 0 Å². The molecule has 0 radical (unpaired) electrons. The molecule has 30 heavy (non-hydrogen) atoms. The fourth-order valence-corrected chi connectivity index (χ4v) is 3.82. The molecule has 1 heterocycles. The molecule has 0 saturated heterocycles. The van der Waals surface area contributed by atoms with E-state index < -0.39 is 10.0 Å². The van der Waals surface area contributed by atoms with Crippen LogP contribution < -0.4 is 10.6 Å². The Balaban J connectivity index is 1.95. The average molecular weight is 438 g/mol. The lowest BCUT2D eigenvalue weighted by Crippen LogP contribution is -2.35. The first-order valence-corrected chi connectivity index (χ1v) is 11.4. The van der Waals surface area contributed by atoms with Crippen molar-refractivity contribution in [1.82, 2.24) is 24.5 Å². The topological polar surface area (TPSA) is 113 Å². The SMILES string of the molecule is CCC(C)NC(=O)CCNC(=O)CCc1nc2cc(S(=O)(=O)N(C)C)ccc2n1C. The highest BCUT2D eigenvalue weighted by molar-refractivity contribution is 7.89. The van der Waals surface area contributed by atoms with E-state index in [0.717, 1.165) is 16.2 Å². The van der Waals surface area contributed by atoms with Crippen LogP contribution in [0.1, 0.15) is 38.9 Å². The van der Waals surface area contributed by atoms with Gasteiger partial charge in [-0.15, -0.1) is 0 Å². The molecule has 10 heteroatoms. The second-order valence-corrected chi connectivity index (χ2v) is 9.65. The average Bonchev–Trinajstić information content (AvgIpc) is 3.01. The summed E-state index contributed by atoms with van der Waals surface area (Å²) in [6.07, 6.45) is 1.74. The Morgan fingerprint density at radius 1 is 1.20 bits per heavy atom. The van der Waals surface area contributed by atoms with Crippen LogP contribution in [0.25, 0.3) is 11.0 Å². The zero-order valence-corrected chi connectivity index (χ0v) is 19.0. The Bertz CT molecular complexity index is 1010. The molecule has 1 aromatic heterocycles. The number of hydrogen-bond acceptors (Lipinski definition) is 5. The fraction of sp³-hybridized carbons (Fsp3) is 0.550. The molecule has 0 aliphatic heterocycles. The molecule has 166 valence electrons. The van der Waals surface area contributed by atoms with Gasteiger partial charge in [0, 0.05) is 53.0 Å². The highest BCUT2D eigenvalue weighted by Crippen LogP contribution is 2.21. The number of carbonyl (C=O) groups excluding carboxylic acids is 2. The van der Waals surface area contributed by atoms with Crippen LogP contribution in [0.15, 0.2) is 23.1 Å². The summed E-state index contributed by atoms with van der Waals surface area (Å²) in [7, 11) is 1.26. The van der Waals surface area contributed by atoms with E-state index in [4.69, 9.17) is 0 Å². The first-order chi connectivity index (χ1) is 14.1. The third-order valence-corrected chi connectivity index (χ3v) is 6.80. The Morgan fingerprint density at radius 2 is 1.90 bits per heavy atom. The quantitative estimate of drug-likeness (QED) is 0.579. The molecule has 1 atom stereocenters. The molecule has 0 aliphatic rings. The number of aryl methyl sites for hydroxylation is 2. The van der Waals surface area contributed by atoms with Crippen molar-refractivity contribution >= 4 is 32.9 Å². The van der Waals surface area contributed by atoms with Gasteiger partial charge in [-0.25, -0.2) is 17.7 Å². The predicted octanol–water partition coefficient (Wildman–Crippen LogP) is 1.18. The third-order valence-electron chi connectivity index (χ3n) is 4.99. The Morgan fingerprint density at radius 3 is 2.53 bits per heavy atom. The largest absolute Gasteiger partial charge is 0.356 e. The monoisotopic (exact) mass is 437 g/mol. The first-order valence-electron chi connectivity index (χ1n) is 10.00. The van der Waals surface area contributed by atoms with E-state index in [1.165, 1.54) is 14.1 Å². The van der Waals surface area contributed by atoms with Crippen molar-refractivity contribution in [2.45, 2.75) is 50.5 Å². The van der Waals surface area contributed by atoms with E-state index >= 15 is 0 Å². The van der Waals surface area contributed by atoms with Crippen molar-refractivity contribution < 1.29 is 18.0 Å². The first kappa shape index (κ1) is 23.8. The Labute approximate surface area is 177 Å².